The van der Waals surface area contributed by atoms with Gasteiger partial charge >= 0.3 is 17.9 Å². The number of nitrogens with zero attached hydrogens (tertiary/aromatic N) is 2. The summed E-state index contributed by atoms with van der Waals surface area (Å²) in [7, 11) is -4.09. The van der Waals surface area contributed by atoms with Crippen molar-refractivity contribution in [1.29, 1.82) is 0 Å². The molecule has 0 saturated carbocycles. The highest BCUT2D eigenvalue weighted by atomic mass is 32.2. The van der Waals surface area contributed by atoms with Gasteiger partial charge in [-0.25, -0.2) is 13.2 Å². The maximum atomic E-state index is 14.0. The Labute approximate surface area is 261 Å². The van der Waals surface area contributed by atoms with E-state index in [1.165, 1.54) is 29.7 Å². The third-order valence-electron chi connectivity index (χ3n) is 8.54. The highest BCUT2D eigenvalue weighted by Crippen LogP contribution is 2.43. The van der Waals surface area contributed by atoms with E-state index in [1.54, 1.807) is 26.0 Å². The molecule has 0 N–H and O–H groups in total. The summed E-state index contributed by atoms with van der Waals surface area (Å²) < 4.78 is 58.4. The smallest absolute Gasteiger partial charge is 0.355 e. The van der Waals surface area contributed by atoms with Crippen LogP contribution in [0.1, 0.15) is 68.8 Å². The van der Waals surface area contributed by atoms with Gasteiger partial charge in [-0.3, -0.25) is 14.4 Å². The topological polar surface area (TPSA) is 157 Å². The van der Waals surface area contributed by atoms with Crippen molar-refractivity contribution in [3.05, 3.63) is 63.1 Å². The highest BCUT2D eigenvalue weighted by Gasteiger charge is 2.53. The molecule has 3 aliphatic heterocycles. The fraction of sp³-hybridized carbons (Fsp3) is 0.548. The number of fused-ring (bicyclic) bond motifs is 2. The molecular formula is C31H38N2O11S. The van der Waals surface area contributed by atoms with Crippen LogP contribution in [0.25, 0.3) is 0 Å². The molecule has 244 valence electrons. The Morgan fingerprint density at radius 1 is 1.07 bits per heavy atom. The second-order valence-corrected chi connectivity index (χ2v) is 13.2. The van der Waals surface area contributed by atoms with E-state index in [9.17, 15) is 27.6 Å². The van der Waals surface area contributed by atoms with Crippen LogP contribution in [-0.2, 0) is 72.6 Å². The molecule has 5 rings (SSSR count). The van der Waals surface area contributed by atoms with E-state index < -0.39 is 57.5 Å². The Hall–Kier alpha value is -3.59. The molecule has 14 heteroatoms. The van der Waals surface area contributed by atoms with Crippen molar-refractivity contribution < 1.29 is 46.5 Å². The number of rotatable bonds is 10. The van der Waals surface area contributed by atoms with Crippen molar-refractivity contribution in [3.63, 3.8) is 0 Å². The van der Waals surface area contributed by atoms with Gasteiger partial charge in [-0.1, -0.05) is 24.6 Å². The minimum absolute atomic E-state index is 0.0251. The van der Waals surface area contributed by atoms with Gasteiger partial charge in [0.15, 0.2) is 0 Å². The van der Waals surface area contributed by atoms with E-state index in [-0.39, 0.29) is 61.8 Å². The summed E-state index contributed by atoms with van der Waals surface area (Å²) >= 11 is 0. The van der Waals surface area contributed by atoms with E-state index in [4.69, 9.17) is 23.7 Å². The molecule has 4 heterocycles. The largest absolute Gasteiger partial charge is 0.463 e. The van der Waals surface area contributed by atoms with Gasteiger partial charge in [-0.05, 0) is 51.3 Å². The molecule has 1 spiro atoms. The summed E-state index contributed by atoms with van der Waals surface area (Å²) in [6.45, 7) is 6.49. The minimum Gasteiger partial charge on any atom is -0.463 e. The molecule has 0 bridgehead atoms. The third-order valence-corrected chi connectivity index (χ3v) is 10.5. The Morgan fingerprint density at radius 2 is 1.76 bits per heavy atom. The Morgan fingerprint density at radius 3 is 2.38 bits per heavy atom. The maximum Gasteiger partial charge on any atom is 0.355 e. The van der Waals surface area contributed by atoms with Crippen LogP contribution in [0.3, 0.4) is 0 Å². The lowest BCUT2D eigenvalue weighted by molar-refractivity contribution is -0.187. The van der Waals surface area contributed by atoms with E-state index in [0.717, 1.165) is 9.87 Å². The molecule has 45 heavy (non-hydrogen) atoms. The van der Waals surface area contributed by atoms with Crippen molar-refractivity contribution in [2.24, 2.45) is 0 Å². The third kappa shape index (κ3) is 5.80. The Kier molecular flexibility index (Phi) is 9.23. The molecule has 0 radical (unpaired) electrons. The van der Waals surface area contributed by atoms with Gasteiger partial charge in [0, 0.05) is 32.0 Å². The summed E-state index contributed by atoms with van der Waals surface area (Å²) in [6.07, 6.45) is 0.688. The van der Waals surface area contributed by atoms with E-state index in [1.807, 2.05) is 6.92 Å². The van der Waals surface area contributed by atoms with Crippen LogP contribution in [-0.4, -0.2) is 67.6 Å². The minimum atomic E-state index is -4.09. The van der Waals surface area contributed by atoms with Crippen LogP contribution in [0.5, 0.6) is 0 Å². The lowest BCUT2D eigenvalue weighted by atomic mass is 9.86. The average Bonchev–Trinajstić information content (AvgIpc) is 3.77. The molecule has 2 atom stereocenters. The number of hydrogen-bond donors (Lipinski definition) is 0. The second kappa shape index (κ2) is 12.7. The van der Waals surface area contributed by atoms with Crippen LogP contribution in [0.4, 0.5) is 0 Å². The molecule has 2 saturated heterocycles. The zero-order chi connectivity index (χ0) is 32.6. The second-order valence-electron chi connectivity index (χ2n) is 11.3. The number of aromatic nitrogens is 1. The van der Waals surface area contributed by atoms with Crippen LogP contribution in [0.2, 0.25) is 0 Å². The summed E-state index contributed by atoms with van der Waals surface area (Å²) in [5.41, 5.74) is -1.68. The summed E-state index contributed by atoms with van der Waals surface area (Å²) in [5, 5.41) is 0. The summed E-state index contributed by atoms with van der Waals surface area (Å²) in [6, 6.07) is 6.56. The lowest BCUT2D eigenvalue weighted by Crippen LogP contribution is -2.49. The number of carbonyl (C=O) groups excluding carboxylic acids is 3. The van der Waals surface area contributed by atoms with Gasteiger partial charge < -0.3 is 28.3 Å². The quantitative estimate of drug-likeness (QED) is 0.276. The van der Waals surface area contributed by atoms with Crippen molar-refractivity contribution in [2.45, 2.75) is 88.9 Å². The maximum absolute atomic E-state index is 14.0. The number of benzene rings is 1. The number of carbonyl (C=O) groups is 3. The number of aryl methyl sites for hydroxylation is 1. The first-order valence-electron chi connectivity index (χ1n) is 15.1. The lowest BCUT2D eigenvalue weighted by Gasteiger charge is -2.35. The first-order valence-corrected chi connectivity index (χ1v) is 16.5. The normalized spacial score (nSPS) is 20.5. The number of esters is 3. The average molecular weight is 647 g/mol. The first-order chi connectivity index (χ1) is 21.4. The van der Waals surface area contributed by atoms with Gasteiger partial charge in [-0.15, -0.1) is 0 Å². The molecule has 13 nitrogen and oxygen atoms in total. The Bertz CT molecular complexity index is 1640. The molecule has 2 aromatic rings. The predicted octanol–water partition coefficient (Wildman–Crippen LogP) is 2.39. The molecule has 3 aliphatic rings. The number of sulfonamides is 1. The van der Waals surface area contributed by atoms with Crippen molar-refractivity contribution >= 4 is 27.9 Å². The van der Waals surface area contributed by atoms with E-state index in [2.05, 4.69) is 0 Å². The van der Waals surface area contributed by atoms with Gasteiger partial charge in [0.2, 0.25) is 21.4 Å². The number of hydrogen-bond acceptors (Lipinski definition) is 11. The highest BCUT2D eigenvalue weighted by molar-refractivity contribution is 7.89. The molecule has 1 aromatic heterocycles. The van der Waals surface area contributed by atoms with Crippen molar-refractivity contribution in [3.8, 4) is 0 Å². The van der Waals surface area contributed by atoms with Gasteiger partial charge in [-0.2, -0.15) is 4.31 Å². The monoisotopic (exact) mass is 646 g/mol. The van der Waals surface area contributed by atoms with Crippen LogP contribution in [0.15, 0.2) is 40.0 Å². The standard InChI is InChI=1S/C31H38N2O11S/c1-5-30(29(37)40-6-2,44-28(36)25-8-7-14-33(25)45(38,39)22-11-9-20(3)10-12-22)24-18-26-31(42-16-17-43-31)13-15-32(26)27(35)23(24)19-41-21(4)34/h9-12,18,25H,5-8,13-17,19H2,1-4H3/t25-,30-/m0/s1. The SMILES string of the molecule is CCOC(=O)[C@@](CC)(OC(=O)[C@@H]1CCCN1S(=O)(=O)c1ccc(C)cc1)c1cc2n(c(=O)c1COC(C)=O)CCC21OCCO1. The number of pyridine rings is 1. The van der Waals surface area contributed by atoms with Crippen molar-refractivity contribution in [1.82, 2.24) is 8.87 Å². The van der Waals surface area contributed by atoms with Crippen molar-refractivity contribution in [2.75, 3.05) is 26.4 Å². The zero-order valence-corrected chi connectivity index (χ0v) is 26.6. The fourth-order valence-electron chi connectivity index (χ4n) is 6.24. The van der Waals surface area contributed by atoms with E-state index in [0.29, 0.717) is 18.5 Å². The van der Waals surface area contributed by atoms with Crippen LogP contribution < -0.4 is 5.56 Å². The molecule has 1 aromatic carbocycles. The number of ether oxygens (including phenoxy) is 5. The summed E-state index contributed by atoms with van der Waals surface area (Å²) in [5.74, 6) is -3.83. The molecule has 0 amide bonds. The van der Waals surface area contributed by atoms with Gasteiger partial charge in [0.1, 0.15) is 12.6 Å². The molecule has 0 aliphatic carbocycles. The van der Waals surface area contributed by atoms with Crippen LogP contribution in [0, 0.1) is 6.92 Å². The van der Waals surface area contributed by atoms with Crippen LogP contribution >= 0.6 is 0 Å². The zero-order valence-electron chi connectivity index (χ0n) is 25.8. The fourth-order valence-corrected chi connectivity index (χ4v) is 7.89. The van der Waals surface area contributed by atoms with E-state index >= 15 is 0 Å². The van der Waals surface area contributed by atoms with Gasteiger partial charge in [0.25, 0.3) is 5.56 Å². The molecular weight excluding hydrogens is 608 g/mol. The predicted molar refractivity (Wildman–Crippen MR) is 157 cm³/mol. The molecule has 2 fully saturated rings. The Balaban J connectivity index is 1.62. The first kappa shape index (κ1) is 32.8. The van der Waals surface area contributed by atoms with Gasteiger partial charge in [0.05, 0.1) is 36.0 Å². The summed E-state index contributed by atoms with van der Waals surface area (Å²) in [4.78, 5) is 53.7. The molecule has 0 unspecified atom stereocenters.